The van der Waals surface area contributed by atoms with E-state index in [1.54, 1.807) is 11.8 Å². The maximum atomic E-state index is 5.81. The molecule has 3 aliphatic rings. The van der Waals surface area contributed by atoms with Gasteiger partial charge in [-0.1, -0.05) is 61.5 Å². The van der Waals surface area contributed by atoms with Crippen LogP contribution >= 0.6 is 11.8 Å². The summed E-state index contributed by atoms with van der Waals surface area (Å²) in [6, 6.07) is 17.7. The Balaban J connectivity index is 1.19. The molecule has 0 spiro atoms. The summed E-state index contributed by atoms with van der Waals surface area (Å²) in [6.45, 7) is 5.13. The van der Waals surface area contributed by atoms with E-state index in [0.29, 0.717) is 6.04 Å². The highest BCUT2D eigenvalue weighted by Gasteiger charge is 2.44. The van der Waals surface area contributed by atoms with Gasteiger partial charge in [-0.25, -0.2) is 5.43 Å². The first-order chi connectivity index (χ1) is 15.7. The fraction of sp³-hybridized carbons (Fsp3) is 0.400. The maximum absolute atomic E-state index is 5.81. The Labute approximate surface area is 194 Å². The van der Waals surface area contributed by atoms with Crippen LogP contribution in [0.5, 0.6) is 5.75 Å². The number of ether oxygens (including phenoxy) is 1. The minimum Gasteiger partial charge on any atom is -0.494 e. The third kappa shape index (κ3) is 4.32. The molecule has 0 radical (unpaired) electrons. The summed E-state index contributed by atoms with van der Waals surface area (Å²) < 4.78 is 5.81. The number of fused-ring (bicyclic) bond motifs is 3. The van der Waals surface area contributed by atoms with Crippen molar-refractivity contribution in [2.45, 2.75) is 57.1 Å². The number of unbranched alkanes of at least 4 members (excludes halogenated alkanes) is 1. The van der Waals surface area contributed by atoms with Crippen LogP contribution in [0.2, 0.25) is 0 Å². The summed E-state index contributed by atoms with van der Waals surface area (Å²) in [7, 11) is 0. The van der Waals surface area contributed by atoms with Crippen molar-refractivity contribution in [3.05, 3.63) is 77.6 Å². The number of aryl methyl sites for hydroxylation is 1. The van der Waals surface area contributed by atoms with E-state index in [9.17, 15) is 0 Å². The van der Waals surface area contributed by atoms with Crippen molar-refractivity contribution in [1.29, 1.82) is 0 Å². The zero-order valence-corrected chi connectivity index (χ0v) is 19.5. The molecule has 6 nitrogen and oxygen atoms in total. The van der Waals surface area contributed by atoms with E-state index >= 15 is 0 Å². The molecule has 0 saturated carbocycles. The first-order valence-corrected chi connectivity index (χ1v) is 12.5. The van der Waals surface area contributed by atoms with Crippen molar-refractivity contribution in [2.75, 3.05) is 6.61 Å². The van der Waals surface area contributed by atoms with Gasteiger partial charge in [0.15, 0.2) is 5.17 Å². The molecule has 0 aliphatic carbocycles. The smallest absolute Gasteiger partial charge is 0.189 e. The Morgan fingerprint density at radius 3 is 2.78 bits per heavy atom. The van der Waals surface area contributed by atoms with E-state index in [1.165, 1.54) is 16.7 Å². The number of hydrogen-bond acceptors (Lipinski definition) is 7. The monoisotopic (exact) mass is 449 g/mol. The highest BCUT2D eigenvalue weighted by Crippen LogP contribution is 2.36. The molecule has 0 aromatic heterocycles. The van der Waals surface area contributed by atoms with Crippen LogP contribution in [-0.4, -0.2) is 33.9 Å². The second-order valence-corrected chi connectivity index (χ2v) is 9.49. The van der Waals surface area contributed by atoms with Crippen LogP contribution in [0.25, 0.3) is 0 Å². The summed E-state index contributed by atoms with van der Waals surface area (Å²) in [4.78, 5) is 2.28. The fourth-order valence-electron chi connectivity index (χ4n) is 4.41. The molecule has 7 heteroatoms. The Morgan fingerprint density at radius 2 is 1.97 bits per heavy atom. The van der Waals surface area contributed by atoms with Crippen molar-refractivity contribution in [1.82, 2.24) is 20.8 Å². The predicted molar refractivity (Wildman–Crippen MR) is 131 cm³/mol. The molecule has 2 aromatic carbocycles. The Bertz CT molecular complexity index is 992. The second-order valence-electron chi connectivity index (χ2n) is 8.55. The summed E-state index contributed by atoms with van der Waals surface area (Å²) in [5.41, 5.74) is 11.0. The predicted octanol–water partition coefficient (Wildman–Crippen LogP) is 4.71. The molecule has 2 aromatic rings. The van der Waals surface area contributed by atoms with Crippen LogP contribution in [0.4, 0.5) is 0 Å². The maximum Gasteiger partial charge on any atom is 0.189 e. The lowest BCUT2D eigenvalue weighted by Gasteiger charge is -2.36. The molecule has 168 valence electrons. The number of hydrazine groups is 1. The Kier molecular flexibility index (Phi) is 6.28. The minimum absolute atomic E-state index is 0.147. The summed E-state index contributed by atoms with van der Waals surface area (Å²) >= 11 is 1.79. The van der Waals surface area contributed by atoms with Gasteiger partial charge in [0.05, 0.1) is 18.7 Å². The second kappa shape index (κ2) is 9.46. The number of thioether (sulfide) groups is 1. The first kappa shape index (κ1) is 21.2. The van der Waals surface area contributed by atoms with Crippen LogP contribution in [0.15, 0.2) is 66.0 Å². The van der Waals surface area contributed by atoms with Crippen LogP contribution in [0.3, 0.4) is 0 Å². The van der Waals surface area contributed by atoms with E-state index in [-0.39, 0.29) is 12.2 Å². The van der Waals surface area contributed by atoms with Crippen molar-refractivity contribution < 1.29 is 4.74 Å². The molecule has 5 rings (SSSR count). The molecule has 3 atom stereocenters. The topological polar surface area (TPSA) is 52.1 Å². The number of amidine groups is 1. The van der Waals surface area contributed by atoms with Crippen molar-refractivity contribution >= 4 is 16.9 Å². The van der Waals surface area contributed by atoms with Gasteiger partial charge in [-0.3, -0.25) is 5.43 Å². The normalized spacial score (nSPS) is 23.6. The van der Waals surface area contributed by atoms with Gasteiger partial charge in [0.25, 0.3) is 0 Å². The van der Waals surface area contributed by atoms with Gasteiger partial charge >= 0.3 is 0 Å². The van der Waals surface area contributed by atoms with Gasteiger partial charge in [-0.05, 0) is 48.6 Å². The zero-order chi connectivity index (χ0) is 21.9. The number of hydrazone groups is 1. The molecule has 1 fully saturated rings. The van der Waals surface area contributed by atoms with Crippen molar-refractivity contribution in [3.63, 3.8) is 0 Å². The van der Waals surface area contributed by atoms with E-state index < -0.39 is 0 Å². The minimum atomic E-state index is 0.147. The van der Waals surface area contributed by atoms with Gasteiger partial charge in [-0.15, -0.1) is 0 Å². The molecular formula is C25H31N5OS. The average molecular weight is 450 g/mol. The molecule has 3 heterocycles. The molecule has 32 heavy (non-hydrogen) atoms. The van der Waals surface area contributed by atoms with E-state index in [2.05, 4.69) is 101 Å². The van der Waals surface area contributed by atoms with Gasteiger partial charge in [0, 0.05) is 18.2 Å². The highest BCUT2D eigenvalue weighted by molar-refractivity contribution is 8.13. The Morgan fingerprint density at radius 1 is 1.12 bits per heavy atom. The molecular weight excluding hydrogens is 418 g/mol. The molecule has 0 bridgehead atoms. The van der Waals surface area contributed by atoms with E-state index in [1.807, 2.05) is 0 Å². The largest absolute Gasteiger partial charge is 0.494 e. The molecule has 3 aliphatic heterocycles. The SMILES string of the molecule is CCCCOc1ccc(C2CC3C4NN=C(SCc5ccccc5C)N4C=CN3N2)cc1. The summed E-state index contributed by atoms with van der Waals surface area (Å²) in [6.07, 6.45) is 7.67. The molecule has 3 unspecified atom stereocenters. The van der Waals surface area contributed by atoms with E-state index in [0.717, 1.165) is 42.5 Å². The molecule has 1 saturated heterocycles. The Hall–Kier alpha value is -2.64. The third-order valence-electron chi connectivity index (χ3n) is 6.37. The van der Waals surface area contributed by atoms with Gasteiger partial charge in [0.1, 0.15) is 11.9 Å². The van der Waals surface area contributed by atoms with Crippen LogP contribution in [0, 0.1) is 6.92 Å². The van der Waals surface area contributed by atoms with Crippen LogP contribution < -0.4 is 15.6 Å². The molecule has 2 N–H and O–H groups in total. The van der Waals surface area contributed by atoms with E-state index in [4.69, 9.17) is 4.74 Å². The van der Waals surface area contributed by atoms with Gasteiger partial charge in [-0.2, -0.15) is 5.10 Å². The average Bonchev–Trinajstić information content (AvgIpc) is 3.43. The van der Waals surface area contributed by atoms with Crippen molar-refractivity contribution in [3.8, 4) is 5.75 Å². The third-order valence-corrected chi connectivity index (χ3v) is 7.39. The lowest BCUT2D eigenvalue weighted by Crippen LogP contribution is -2.54. The van der Waals surface area contributed by atoms with Crippen molar-refractivity contribution in [2.24, 2.45) is 5.10 Å². The number of benzene rings is 2. The molecule has 0 amide bonds. The first-order valence-electron chi connectivity index (χ1n) is 11.5. The van der Waals surface area contributed by atoms with Crippen LogP contribution in [-0.2, 0) is 5.75 Å². The standard InChI is InChI=1S/C25H31N5OS/c1-3-4-15-31-21-11-9-19(10-12-21)22-16-23-24-26-27-25(29(24)13-14-30(23)28-22)32-17-20-8-6-5-7-18(20)2/h5-14,22-24,26,28H,3-4,15-17H2,1-2H3. The lowest BCUT2D eigenvalue weighted by molar-refractivity contribution is 0.152. The zero-order valence-electron chi connectivity index (χ0n) is 18.7. The lowest BCUT2D eigenvalue weighted by atomic mass is 10.00. The number of hydrogen-bond donors (Lipinski definition) is 2. The number of nitrogens with one attached hydrogen (secondary N) is 2. The summed E-state index contributed by atoms with van der Waals surface area (Å²) in [5, 5.41) is 7.93. The number of nitrogens with zero attached hydrogens (tertiary/aromatic N) is 3. The van der Waals surface area contributed by atoms with Gasteiger partial charge < -0.3 is 14.6 Å². The quantitative estimate of drug-likeness (QED) is 0.597. The van der Waals surface area contributed by atoms with Gasteiger partial charge in [0.2, 0.25) is 0 Å². The number of rotatable bonds is 7. The van der Waals surface area contributed by atoms with Crippen LogP contribution in [0.1, 0.15) is 48.9 Å². The fourth-order valence-corrected chi connectivity index (χ4v) is 5.46. The summed E-state index contributed by atoms with van der Waals surface area (Å²) in [5.74, 6) is 1.87. The highest BCUT2D eigenvalue weighted by atomic mass is 32.2.